The van der Waals surface area contributed by atoms with E-state index in [-0.39, 0.29) is 11.4 Å². The molecule has 0 radical (unpaired) electrons. The molecule has 1 aromatic rings. The van der Waals surface area contributed by atoms with Crippen molar-refractivity contribution in [2.45, 2.75) is 31.6 Å². The molecule has 6 heteroatoms. The van der Waals surface area contributed by atoms with Gasteiger partial charge in [0.15, 0.2) is 0 Å². The van der Waals surface area contributed by atoms with Crippen LogP contribution in [0.25, 0.3) is 0 Å². The van der Waals surface area contributed by atoms with Crippen LogP contribution in [-0.4, -0.2) is 37.3 Å². The molecule has 0 aliphatic heterocycles. The SMILES string of the molecule is CCCN(CCC)S(=O)(=O)c1cncc(C#CCN)c1. The van der Waals surface area contributed by atoms with E-state index in [9.17, 15) is 8.42 Å². The van der Waals surface area contributed by atoms with Crippen LogP contribution in [0.3, 0.4) is 0 Å². The van der Waals surface area contributed by atoms with Gasteiger partial charge in [-0.15, -0.1) is 0 Å². The van der Waals surface area contributed by atoms with Gasteiger partial charge in [-0.05, 0) is 18.9 Å². The first kappa shape index (κ1) is 16.6. The molecule has 0 aromatic carbocycles. The highest BCUT2D eigenvalue weighted by Crippen LogP contribution is 2.16. The molecule has 0 bridgehead atoms. The summed E-state index contributed by atoms with van der Waals surface area (Å²) >= 11 is 0. The summed E-state index contributed by atoms with van der Waals surface area (Å²) in [4.78, 5) is 4.14. The third-order valence-corrected chi connectivity index (χ3v) is 4.50. The van der Waals surface area contributed by atoms with Crippen molar-refractivity contribution in [3.05, 3.63) is 24.0 Å². The molecule has 0 aliphatic rings. The van der Waals surface area contributed by atoms with E-state index in [1.165, 1.54) is 16.7 Å². The lowest BCUT2D eigenvalue weighted by Gasteiger charge is -2.20. The number of aromatic nitrogens is 1. The largest absolute Gasteiger partial charge is 0.320 e. The highest BCUT2D eigenvalue weighted by atomic mass is 32.2. The van der Waals surface area contributed by atoms with Crippen molar-refractivity contribution in [3.63, 3.8) is 0 Å². The van der Waals surface area contributed by atoms with E-state index in [2.05, 4.69) is 16.8 Å². The first-order valence-corrected chi connectivity index (χ1v) is 8.14. The summed E-state index contributed by atoms with van der Waals surface area (Å²) in [5.74, 6) is 5.49. The fourth-order valence-corrected chi connectivity index (χ4v) is 3.40. The number of hydrogen-bond donors (Lipinski definition) is 1. The zero-order valence-electron chi connectivity index (χ0n) is 12.0. The Bertz CT molecular complexity index is 582. The fourth-order valence-electron chi connectivity index (χ4n) is 1.78. The van der Waals surface area contributed by atoms with Gasteiger partial charge in [0.1, 0.15) is 4.90 Å². The first-order chi connectivity index (χ1) is 9.56. The molecule has 1 rings (SSSR count). The van der Waals surface area contributed by atoms with Gasteiger partial charge in [-0.1, -0.05) is 25.7 Å². The standard InChI is InChI=1S/C14H21N3O2S/c1-3-8-17(9-4-2)20(18,19)14-10-13(6-5-7-15)11-16-12-14/h10-12H,3-4,7-9,15H2,1-2H3. The third kappa shape index (κ3) is 4.30. The topological polar surface area (TPSA) is 76.3 Å². The summed E-state index contributed by atoms with van der Waals surface area (Å²) in [6, 6.07) is 1.54. The van der Waals surface area contributed by atoms with Crippen LogP contribution in [0.2, 0.25) is 0 Å². The maximum Gasteiger partial charge on any atom is 0.244 e. The van der Waals surface area contributed by atoms with Gasteiger partial charge in [0.05, 0.1) is 6.54 Å². The van der Waals surface area contributed by atoms with Gasteiger partial charge in [0, 0.05) is 31.0 Å². The number of rotatable bonds is 6. The molecule has 0 aliphatic carbocycles. The second-order valence-corrected chi connectivity index (χ2v) is 6.26. The summed E-state index contributed by atoms with van der Waals surface area (Å²) in [7, 11) is -3.50. The van der Waals surface area contributed by atoms with Crippen molar-refractivity contribution in [3.8, 4) is 11.8 Å². The van der Waals surface area contributed by atoms with Gasteiger partial charge in [0.2, 0.25) is 10.0 Å². The number of hydrogen-bond acceptors (Lipinski definition) is 4. The fraction of sp³-hybridized carbons (Fsp3) is 0.500. The number of sulfonamides is 1. The maximum atomic E-state index is 12.6. The van der Waals surface area contributed by atoms with Crippen molar-refractivity contribution in [2.24, 2.45) is 5.73 Å². The first-order valence-electron chi connectivity index (χ1n) is 6.70. The van der Waals surface area contributed by atoms with Crippen LogP contribution in [-0.2, 0) is 10.0 Å². The predicted octanol–water partition coefficient (Wildman–Crippen LogP) is 1.20. The smallest absolute Gasteiger partial charge is 0.244 e. The van der Waals surface area contributed by atoms with Gasteiger partial charge in [-0.3, -0.25) is 4.98 Å². The van der Waals surface area contributed by atoms with Gasteiger partial charge >= 0.3 is 0 Å². The van der Waals surface area contributed by atoms with Crippen LogP contribution in [0, 0.1) is 11.8 Å². The van der Waals surface area contributed by atoms with E-state index in [1.54, 1.807) is 6.07 Å². The molecule has 2 N–H and O–H groups in total. The molecule has 0 saturated heterocycles. The van der Waals surface area contributed by atoms with Crippen LogP contribution in [0.1, 0.15) is 32.3 Å². The highest BCUT2D eigenvalue weighted by molar-refractivity contribution is 7.89. The van der Waals surface area contributed by atoms with E-state index < -0.39 is 10.0 Å². The second kappa shape index (κ2) is 8.00. The summed E-state index contributed by atoms with van der Waals surface area (Å²) in [5.41, 5.74) is 5.87. The zero-order chi connectivity index (χ0) is 15.0. The third-order valence-electron chi connectivity index (χ3n) is 2.63. The Morgan fingerprint density at radius 2 is 1.90 bits per heavy atom. The molecular formula is C14H21N3O2S. The van der Waals surface area contributed by atoms with Crippen LogP contribution < -0.4 is 5.73 Å². The van der Waals surface area contributed by atoms with Crippen molar-refractivity contribution in [1.29, 1.82) is 0 Å². The van der Waals surface area contributed by atoms with Gasteiger partial charge in [-0.2, -0.15) is 4.31 Å². The Morgan fingerprint density at radius 1 is 1.25 bits per heavy atom. The maximum absolute atomic E-state index is 12.6. The summed E-state index contributed by atoms with van der Waals surface area (Å²) in [5, 5.41) is 0. The Morgan fingerprint density at radius 3 is 2.45 bits per heavy atom. The molecule has 1 heterocycles. The van der Waals surface area contributed by atoms with Crippen LogP contribution >= 0.6 is 0 Å². The molecule has 1 aromatic heterocycles. The number of pyridine rings is 1. The summed E-state index contributed by atoms with van der Waals surface area (Å²) < 4.78 is 26.6. The number of nitrogens with zero attached hydrogens (tertiary/aromatic N) is 2. The zero-order valence-corrected chi connectivity index (χ0v) is 12.8. The minimum atomic E-state index is -3.50. The highest BCUT2D eigenvalue weighted by Gasteiger charge is 2.23. The molecule has 5 nitrogen and oxygen atoms in total. The molecule has 0 spiro atoms. The van der Waals surface area contributed by atoms with Crippen molar-refractivity contribution < 1.29 is 8.42 Å². The minimum Gasteiger partial charge on any atom is -0.320 e. The molecule has 0 atom stereocenters. The van der Waals surface area contributed by atoms with Crippen LogP contribution in [0.5, 0.6) is 0 Å². The molecule has 20 heavy (non-hydrogen) atoms. The minimum absolute atomic E-state index is 0.184. The van der Waals surface area contributed by atoms with Crippen LogP contribution in [0.4, 0.5) is 0 Å². The predicted molar refractivity (Wildman–Crippen MR) is 79.5 cm³/mol. The lowest BCUT2D eigenvalue weighted by atomic mass is 10.3. The molecular weight excluding hydrogens is 274 g/mol. The quantitative estimate of drug-likeness (QED) is 0.800. The van der Waals surface area contributed by atoms with Crippen LogP contribution in [0.15, 0.2) is 23.4 Å². The number of nitrogens with two attached hydrogens (primary N) is 1. The lowest BCUT2D eigenvalue weighted by molar-refractivity contribution is 0.409. The Balaban J connectivity index is 3.13. The van der Waals surface area contributed by atoms with E-state index in [0.717, 1.165) is 12.8 Å². The molecule has 0 saturated carbocycles. The van der Waals surface area contributed by atoms with E-state index >= 15 is 0 Å². The van der Waals surface area contributed by atoms with Gasteiger partial charge in [-0.25, -0.2) is 8.42 Å². The molecule has 0 amide bonds. The monoisotopic (exact) mass is 295 g/mol. The summed E-state index contributed by atoms with van der Waals surface area (Å²) in [6.07, 6.45) is 4.45. The average molecular weight is 295 g/mol. The Kier molecular flexibility index (Phi) is 6.65. The Labute approximate surface area is 121 Å². The second-order valence-electron chi connectivity index (χ2n) is 4.32. The van der Waals surface area contributed by atoms with Crippen molar-refractivity contribution in [2.75, 3.05) is 19.6 Å². The Hall–Kier alpha value is -1.42. The summed E-state index contributed by atoms with van der Waals surface area (Å²) in [6.45, 7) is 5.16. The molecule has 110 valence electrons. The van der Waals surface area contributed by atoms with E-state index in [4.69, 9.17) is 5.73 Å². The van der Waals surface area contributed by atoms with Crippen molar-refractivity contribution >= 4 is 10.0 Å². The van der Waals surface area contributed by atoms with E-state index in [0.29, 0.717) is 18.7 Å². The lowest BCUT2D eigenvalue weighted by Crippen LogP contribution is -2.32. The van der Waals surface area contributed by atoms with E-state index in [1.807, 2.05) is 13.8 Å². The van der Waals surface area contributed by atoms with Gasteiger partial charge < -0.3 is 5.73 Å². The molecule has 0 unspecified atom stereocenters. The average Bonchev–Trinajstić information content (AvgIpc) is 2.45. The van der Waals surface area contributed by atoms with Gasteiger partial charge in [0.25, 0.3) is 0 Å². The van der Waals surface area contributed by atoms with Crippen molar-refractivity contribution in [1.82, 2.24) is 9.29 Å². The molecule has 0 fully saturated rings. The normalized spacial score (nSPS) is 11.2.